The van der Waals surface area contributed by atoms with Gasteiger partial charge in [0.15, 0.2) is 0 Å². The van der Waals surface area contributed by atoms with Crippen molar-refractivity contribution in [3.8, 4) is 0 Å². The zero-order valence-electron chi connectivity index (χ0n) is 7.74. The van der Waals surface area contributed by atoms with Gasteiger partial charge in [0.2, 0.25) is 11.2 Å². The molecular weight excluding hydrogens is 244 g/mol. The van der Waals surface area contributed by atoms with Gasteiger partial charge in [-0.1, -0.05) is 0 Å². The Hall–Kier alpha value is 0.250. The number of rotatable bonds is 7. The van der Waals surface area contributed by atoms with Crippen LogP contribution in [-0.2, 0) is 18.1 Å². The topological polar surface area (TPSA) is 44.8 Å². The molecule has 0 N–H and O–H groups in total. The summed E-state index contributed by atoms with van der Waals surface area (Å²) in [4.78, 5) is 0. The fourth-order valence-corrected chi connectivity index (χ4v) is 1.74. The van der Waals surface area contributed by atoms with E-state index in [9.17, 15) is 16.2 Å². The fourth-order valence-electron chi connectivity index (χ4n) is 0.579. The van der Waals surface area contributed by atoms with Gasteiger partial charge in [-0.2, -0.15) is 0 Å². The predicted molar refractivity (Wildman–Crippen MR) is 48.0 cm³/mol. The summed E-state index contributed by atoms with van der Waals surface area (Å²) < 4.78 is 59.6. The molecule has 0 saturated heterocycles. The smallest absolute Gasteiger partial charge is 0.290 e. The van der Waals surface area contributed by atoms with Crippen LogP contribution in [0.1, 0.15) is 6.42 Å². The van der Waals surface area contributed by atoms with Crippen molar-refractivity contribution in [2.24, 2.45) is 0 Å². The van der Waals surface area contributed by atoms with Crippen LogP contribution in [0.3, 0.4) is 0 Å². The maximum absolute atomic E-state index is 11.7. The Bertz CT molecular complexity index is 202. The zero-order chi connectivity index (χ0) is 11.2. The summed E-state index contributed by atoms with van der Waals surface area (Å²) in [5.74, 6) is -0.902. The third kappa shape index (κ3) is 6.67. The Balaban J connectivity index is 3.69. The number of phosphoric ester groups is 1. The summed E-state index contributed by atoms with van der Waals surface area (Å²) in [7, 11) is -1.43. The first-order chi connectivity index (χ1) is 6.33. The van der Waals surface area contributed by atoms with E-state index in [1.165, 1.54) is 0 Å². The molecule has 0 atom stereocenters. The fraction of sp³-hybridized carbons (Fsp3) is 1.00. The van der Waals surface area contributed by atoms with Crippen molar-refractivity contribution < 1.29 is 29.8 Å². The van der Waals surface area contributed by atoms with Crippen molar-refractivity contribution in [2.45, 2.75) is 6.42 Å². The summed E-state index contributed by atoms with van der Waals surface area (Å²) in [6.07, 6.45) is -0.241. The zero-order valence-corrected chi connectivity index (χ0v) is 9.45. The molecule has 0 spiro atoms. The summed E-state index contributed by atoms with van der Waals surface area (Å²) in [5, 5.41) is 0. The van der Waals surface area contributed by atoms with Gasteiger partial charge in [0.1, 0.15) is 0 Å². The molecular formula is C5H12F3O4PS. The molecule has 0 aromatic heterocycles. The maximum Gasteiger partial charge on any atom is 0.474 e. The Kier molecular flexibility index (Phi) is 6.08. The third-order valence-electron chi connectivity index (χ3n) is 1.22. The van der Waals surface area contributed by atoms with E-state index in [1.54, 1.807) is 0 Å². The van der Waals surface area contributed by atoms with E-state index in [4.69, 9.17) is 0 Å². The monoisotopic (exact) mass is 256 g/mol. The van der Waals surface area contributed by atoms with Crippen LogP contribution in [0, 0.1) is 0 Å². The molecule has 0 aliphatic rings. The molecule has 0 bridgehead atoms. The van der Waals surface area contributed by atoms with Crippen molar-refractivity contribution in [1.82, 2.24) is 0 Å². The molecule has 4 nitrogen and oxygen atoms in total. The normalized spacial score (nSPS) is 14.4. The maximum atomic E-state index is 11.7. The summed E-state index contributed by atoms with van der Waals surface area (Å²) >= 11 is -5.01. The van der Waals surface area contributed by atoms with Gasteiger partial charge in [-0.25, -0.2) is 4.57 Å². The van der Waals surface area contributed by atoms with Crippen molar-refractivity contribution in [2.75, 3.05) is 26.6 Å². The molecule has 0 aromatic rings. The Morgan fingerprint density at radius 1 is 1.21 bits per heavy atom. The second kappa shape index (κ2) is 5.97. The SMILES string of the molecule is COP(=O)(OC)OCCCS(F)(F)F. The van der Waals surface area contributed by atoms with E-state index in [2.05, 4.69) is 13.6 Å². The lowest BCUT2D eigenvalue weighted by Gasteiger charge is -2.14. The molecule has 0 heterocycles. The summed E-state index contributed by atoms with van der Waals surface area (Å²) in [5.41, 5.74) is 0. The van der Waals surface area contributed by atoms with E-state index in [-0.39, 0.29) is 13.0 Å². The van der Waals surface area contributed by atoms with Crippen molar-refractivity contribution >= 4 is 19.0 Å². The van der Waals surface area contributed by atoms with Gasteiger partial charge in [-0.3, -0.25) is 13.6 Å². The molecule has 0 amide bonds. The molecule has 0 radical (unpaired) electrons. The minimum Gasteiger partial charge on any atom is -0.290 e. The number of phosphoric acid groups is 1. The van der Waals surface area contributed by atoms with Gasteiger partial charge in [-0.05, 0) is 6.42 Å². The molecule has 0 aliphatic heterocycles. The van der Waals surface area contributed by atoms with Gasteiger partial charge in [-0.15, -0.1) is 11.7 Å². The van der Waals surface area contributed by atoms with Crippen LogP contribution in [0.25, 0.3) is 0 Å². The highest BCUT2D eigenvalue weighted by molar-refractivity contribution is 8.20. The van der Waals surface area contributed by atoms with E-state index >= 15 is 0 Å². The Morgan fingerprint density at radius 2 is 1.71 bits per heavy atom. The molecule has 0 aliphatic carbocycles. The van der Waals surface area contributed by atoms with Crippen molar-refractivity contribution in [3.05, 3.63) is 0 Å². The van der Waals surface area contributed by atoms with Crippen LogP contribution in [-0.4, -0.2) is 26.6 Å². The lowest BCUT2D eigenvalue weighted by molar-refractivity contribution is 0.152. The van der Waals surface area contributed by atoms with Crippen LogP contribution in [0.2, 0.25) is 0 Å². The Morgan fingerprint density at radius 3 is 2.07 bits per heavy atom. The van der Waals surface area contributed by atoms with Crippen molar-refractivity contribution in [1.29, 1.82) is 0 Å². The largest absolute Gasteiger partial charge is 0.474 e. The summed E-state index contributed by atoms with van der Waals surface area (Å²) in [6, 6.07) is 0. The highest BCUT2D eigenvalue weighted by Gasteiger charge is 2.24. The molecule has 88 valence electrons. The van der Waals surface area contributed by atoms with Crippen LogP contribution in [0.15, 0.2) is 0 Å². The first-order valence-electron chi connectivity index (χ1n) is 3.59. The van der Waals surface area contributed by atoms with Crippen LogP contribution >= 0.6 is 19.0 Å². The minimum absolute atomic E-state index is 0.241. The number of hydrogen-bond donors (Lipinski definition) is 0. The molecule has 0 unspecified atom stereocenters. The average Bonchev–Trinajstić information content (AvgIpc) is 2.11. The highest BCUT2D eigenvalue weighted by atomic mass is 32.3. The third-order valence-corrected chi connectivity index (χ3v) is 3.36. The first-order valence-corrected chi connectivity index (χ1v) is 6.55. The van der Waals surface area contributed by atoms with Gasteiger partial charge in [0.25, 0.3) is 0 Å². The second-order valence-corrected chi connectivity index (χ2v) is 5.50. The molecule has 0 saturated carbocycles. The highest BCUT2D eigenvalue weighted by Crippen LogP contribution is 2.54. The van der Waals surface area contributed by atoms with Crippen LogP contribution in [0.4, 0.5) is 11.7 Å². The quantitative estimate of drug-likeness (QED) is 0.518. The van der Waals surface area contributed by atoms with Gasteiger partial charge in [0.05, 0.1) is 12.4 Å². The average molecular weight is 256 g/mol. The van der Waals surface area contributed by atoms with E-state index in [0.717, 1.165) is 14.2 Å². The molecule has 9 heteroatoms. The minimum atomic E-state index is -5.01. The van der Waals surface area contributed by atoms with Gasteiger partial charge < -0.3 is 0 Å². The lowest BCUT2D eigenvalue weighted by atomic mass is 10.5. The molecule has 0 rings (SSSR count). The number of hydrogen-bond acceptors (Lipinski definition) is 4. The van der Waals surface area contributed by atoms with E-state index < -0.39 is 24.8 Å². The summed E-state index contributed by atoms with van der Waals surface area (Å²) in [6.45, 7) is -0.300. The Labute approximate surface area is 82.5 Å². The predicted octanol–water partition coefficient (Wildman–Crippen LogP) is 3.25. The first kappa shape index (κ1) is 14.2. The van der Waals surface area contributed by atoms with Gasteiger partial charge in [0, 0.05) is 14.2 Å². The van der Waals surface area contributed by atoms with Crippen molar-refractivity contribution in [3.63, 3.8) is 0 Å². The van der Waals surface area contributed by atoms with E-state index in [1.807, 2.05) is 0 Å². The molecule has 0 aromatic carbocycles. The van der Waals surface area contributed by atoms with E-state index in [0.29, 0.717) is 0 Å². The van der Waals surface area contributed by atoms with Gasteiger partial charge >= 0.3 is 7.82 Å². The lowest BCUT2D eigenvalue weighted by Crippen LogP contribution is -1.99. The second-order valence-electron chi connectivity index (χ2n) is 2.21. The standard InChI is InChI=1S/C5H12F3O4PS/c1-10-13(9,11-2)12-4-3-5-14(6,7)8/h3-5H2,1-2H3. The number of halogens is 3. The molecule has 14 heavy (non-hydrogen) atoms. The van der Waals surface area contributed by atoms with Crippen LogP contribution in [0.5, 0.6) is 0 Å². The van der Waals surface area contributed by atoms with Crippen LogP contribution < -0.4 is 0 Å². The molecule has 0 fully saturated rings.